The van der Waals surface area contributed by atoms with Gasteiger partial charge in [0.25, 0.3) is 0 Å². The van der Waals surface area contributed by atoms with E-state index in [4.69, 9.17) is 16.9 Å². The Morgan fingerprint density at radius 3 is 2.45 bits per heavy atom. The van der Waals surface area contributed by atoms with E-state index in [-0.39, 0.29) is 11.3 Å². The van der Waals surface area contributed by atoms with E-state index < -0.39 is 11.8 Å². The Kier molecular flexibility index (Phi) is 7.06. The molecule has 1 heterocycles. The number of halogens is 1. The molecule has 1 saturated heterocycles. The smallest absolute Gasteiger partial charge is 0.313 e. The molecule has 1 aliphatic rings. The number of nitrogens with zero attached hydrogens (tertiary/aromatic N) is 3. The fourth-order valence-corrected chi connectivity index (χ4v) is 3.34. The molecule has 2 amide bonds. The van der Waals surface area contributed by atoms with Gasteiger partial charge in [0.15, 0.2) is 0 Å². The number of rotatable bonds is 5. The molecule has 2 aromatic rings. The second kappa shape index (κ2) is 9.92. The van der Waals surface area contributed by atoms with Crippen molar-refractivity contribution in [1.82, 2.24) is 10.2 Å². The van der Waals surface area contributed by atoms with E-state index in [0.717, 1.165) is 26.2 Å². The lowest BCUT2D eigenvalue weighted by molar-refractivity contribution is -0.136. The molecule has 2 aromatic carbocycles. The van der Waals surface area contributed by atoms with Gasteiger partial charge in [-0.25, -0.2) is 0 Å². The van der Waals surface area contributed by atoms with Gasteiger partial charge in [0, 0.05) is 50.0 Å². The highest BCUT2D eigenvalue weighted by atomic mass is 35.5. The molecule has 2 N–H and O–H groups in total. The summed E-state index contributed by atoms with van der Waals surface area (Å²) in [6, 6.07) is 16.7. The van der Waals surface area contributed by atoms with Gasteiger partial charge in [0.1, 0.15) is 6.07 Å². The van der Waals surface area contributed by atoms with E-state index in [1.165, 1.54) is 17.8 Å². The molecule has 0 aliphatic carbocycles. The molecule has 150 valence electrons. The average molecular weight is 412 g/mol. The van der Waals surface area contributed by atoms with Gasteiger partial charge in [0.05, 0.1) is 11.3 Å². The number of carbonyl (C=O) groups excluding carboxylic acids is 2. The minimum atomic E-state index is -0.822. The fourth-order valence-electron chi connectivity index (χ4n) is 3.17. The van der Waals surface area contributed by atoms with Crippen LogP contribution >= 0.6 is 11.6 Å². The Bertz CT molecular complexity index is 905. The quantitative estimate of drug-likeness (QED) is 0.735. The molecular weight excluding hydrogens is 390 g/mol. The van der Waals surface area contributed by atoms with E-state index in [1.807, 2.05) is 24.3 Å². The Hall–Kier alpha value is -3.08. The second-order valence-corrected chi connectivity index (χ2v) is 7.11. The molecule has 8 heteroatoms. The molecule has 0 atom stereocenters. The maximum absolute atomic E-state index is 12.1. The number of piperazine rings is 1. The largest absolute Gasteiger partial charge is 0.369 e. The highest BCUT2D eigenvalue weighted by molar-refractivity contribution is 6.40. The van der Waals surface area contributed by atoms with Gasteiger partial charge in [-0.2, -0.15) is 5.26 Å². The molecule has 0 radical (unpaired) electrons. The molecule has 29 heavy (non-hydrogen) atoms. The van der Waals surface area contributed by atoms with Gasteiger partial charge in [-0.15, -0.1) is 0 Å². The standard InChI is InChI=1S/C21H22ClN5O2/c22-17-7-6-16(15-23)19(14-17)25-21(29)20(28)24-8-9-26-10-12-27(13-11-26)18-4-2-1-3-5-18/h1-7,14H,8-13H2,(H,24,28)(H,25,29). The maximum Gasteiger partial charge on any atom is 0.313 e. The summed E-state index contributed by atoms with van der Waals surface area (Å²) in [5, 5.41) is 14.5. The predicted octanol–water partition coefficient (Wildman–Crippen LogP) is 2.09. The van der Waals surface area contributed by atoms with Crippen LogP contribution in [-0.2, 0) is 9.59 Å². The number of anilines is 2. The van der Waals surface area contributed by atoms with Gasteiger partial charge in [0.2, 0.25) is 0 Å². The van der Waals surface area contributed by atoms with Crippen molar-refractivity contribution in [3.63, 3.8) is 0 Å². The van der Waals surface area contributed by atoms with Crippen LogP contribution in [0, 0.1) is 11.3 Å². The monoisotopic (exact) mass is 411 g/mol. The third kappa shape index (κ3) is 5.70. The normalized spacial score (nSPS) is 14.1. The highest BCUT2D eigenvalue weighted by Crippen LogP contribution is 2.20. The second-order valence-electron chi connectivity index (χ2n) is 6.68. The maximum atomic E-state index is 12.1. The number of hydrogen-bond acceptors (Lipinski definition) is 5. The minimum absolute atomic E-state index is 0.220. The first-order valence-electron chi connectivity index (χ1n) is 9.38. The predicted molar refractivity (Wildman–Crippen MR) is 113 cm³/mol. The molecule has 1 aliphatic heterocycles. The van der Waals surface area contributed by atoms with Crippen LogP contribution in [0.3, 0.4) is 0 Å². The molecule has 7 nitrogen and oxygen atoms in total. The van der Waals surface area contributed by atoms with Crippen LogP contribution in [0.2, 0.25) is 5.02 Å². The van der Waals surface area contributed by atoms with Crippen LogP contribution in [0.5, 0.6) is 0 Å². The van der Waals surface area contributed by atoms with Crippen molar-refractivity contribution in [2.75, 3.05) is 49.5 Å². The number of hydrogen-bond donors (Lipinski definition) is 2. The fraction of sp³-hybridized carbons (Fsp3) is 0.286. The summed E-state index contributed by atoms with van der Waals surface area (Å²) in [7, 11) is 0. The minimum Gasteiger partial charge on any atom is -0.369 e. The van der Waals surface area contributed by atoms with Crippen LogP contribution in [-0.4, -0.2) is 56.0 Å². The number of benzene rings is 2. The van der Waals surface area contributed by atoms with Crippen molar-refractivity contribution in [2.45, 2.75) is 0 Å². The number of nitrogens with one attached hydrogen (secondary N) is 2. The Morgan fingerprint density at radius 2 is 1.76 bits per heavy atom. The first kappa shape index (κ1) is 20.6. The highest BCUT2D eigenvalue weighted by Gasteiger charge is 2.19. The zero-order valence-corrected chi connectivity index (χ0v) is 16.7. The van der Waals surface area contributed by atoms with Crippen molar-refractivity contribution in [3.8, 4) is 6.07 Å². The average Bonchev–Trinajstić information content (AvgIpc) is 2.75. The zero-order valence-electron chi connectivity index (χ0n) is 15.9. The van der Waals surface area contributed by atoms with Crippen molar-refractivity contribution < 1.29 is 9.59 Å². The Labute approximate surface area is 174 Å². The van der Waals surface area contributed by atoms with Gasteiger partial charge in [-0.1, -0.05) is 29.8 Å². The summed E-state index contributed by atoms with van der Waals surface area (Å²) >= 11 is 5.89. The third-order valence-electron chi connectivity index (χ3n) is 4.76. The number of nitriles is 1. The molecule has 3 rings (SSSR count). The lowest BCUT2D eigenvalue weighted by Crippen LogP contribution is -2.49. The van der Waals surface area contributed by atoms with Crippen LogP contribution < -0.4 is 15.5 Å². The molecule has 1 fully saturated rings. The Balaban J connectivity index is 1.41. The summed E-state index contributed by atoms with van der Waals surface area (Å²) in [4.78, 5) is 28.7. The van der Waals surface area contributed by atoms with Crippen LogP contribution in [0.1, 0.15) is 5.56 Å². The van der Waals surface area contributed by atoms with Gasteiger partial charge >= 0.3 is 11.8 Å². The van der Waals surface area contributed by atoms with Crippen molar-refractivity contribution >= 4 is 34.8 Å². The van der Waals surface area contributed by atoms with E-state index in [1.54, 1.807) is 6.07 Å². The number of carbonyl (C=O) groups is 2. The number of para-hydroxylation sites is 1. The summed E-state index contributed by atoms with van der Waals surface area (Å²) in [6.07, 6.45) is 0. The van der Waals surface area contributed by atoms with Crippen LogP contribution in [0.4, 0.5) is 11.4 Å². The summed E-state index contributed by atoms with van der Waals surface area (Å²) in [5.41, 5.74) is 1.68. The zero-order chi connectivity index (χ0) is 20.6. The molecular formula is C21H22ClN5O2. The summed E-state index contributed by atoms with van der Waals surface area (Å²) in [5.74, 6) is -1.56. The lowest BCUT2D eigenvalue weighted by atomic mass is 10.2. The molecule has 0 saturated carbocycles. The first-order valence-corrected chi connectivity index (χ1v) is 9.76. The van der Waals surface area contributed by atoms with Gasteiger partial charge in [-0.05, 0) is 30.3 Å². The molecule has 0 unspecified atom stereocenters. The van der Waals surface area contributed by atoms with Crippen LogP contribution in [0.15, 0.2) is 48.5 Å². The van der Waals surface area contributed by atoms with E-state index in [0.29, 0.717) is 18.1 Å². The van der Waals surface area contributed by atoms with Gasteiger partial charge < -0.3 is 15.5 Å². The topological polar surface area (TPSA) is 88.5 Å². The van der Waals surface area contributed by atoms with E-state index in [2.05, 4.69) is 32.6 Å². The SMILES string of the molecule is N#Cc1ccc(Cl)cc1NC(=O)C(=O)NCCN1CCN(c2ccccc2)CC1. The van der Waals surface area contributed by atoms with E-state index in [9.17, 15) is 9.59 Å². The third-order valence-corrected chi connectivity index (χ3v) is 5.00. The van der Waals surface area contributed by atoms with Crippen molar-refractivity contribution in [2.24, 2.45) is 0 Å². The van der Waals surface area contributed by atoms with Crippen molar-refractivity contribution in [3.05, 3.63) is 59.1 Å². The first-order chi connectivity index (χ1) is 14.1. The Morgan fingerprint density at radius 1 is 1.03 bits per heavy atom. The molecule has 0 spiro atoms. The van der Waals surface area contributed by atoms with E-state index >= 15 is 0 Å². The van der Waals surface area contributed by atoms with Gasteiger partial charge in [-0.3, -0.25) is 14.5 Å². The molecule has 0 aromatic heterocycles. The number of amides is 2. The summed E-state index contributed by atoms with van der Waals surface area (Å²) in [6.45, 7) is 4.67. The summed E-state index contributed by atoms with van der Waals surface area (Å²) < 4.78 is 0. The van der Waals surface area contributed by atoms with Crippen LogP contribution in [0.25, 0.3) is 0 Å². The van der Waals surface area contributed by atoms with Crippen molar-refractivity contribution in [1.29, 1.82) is 5.26 Å². The molecule has 0 bridgehead atoms. The lowest BCUT2D eigenvalue weighted by Gasteiger charge is -2.36.